The van der Waals surface area contributed by atoms with Gasteiger partial charge < -0.3 is 16.8 Å². The minimum atomic E-state index is -0.699. The number of hydrogen-bond donors (Lipinski definition) is 3. The van der Waals surface area contributed by atoms with Crippen molar-refractivity contribution in [3.05, 3.63) is 29.3 Å². The molecule has 1 rings (SSSR count). The fourth-order valence-electron chi connectivity index (χ4n) is 1.19. The molecule has 0 atom stereocenters. The van der Waals surface area contributed by atoms with E-state index in [-0.39, 0.29) is 17.0 Å². The van der Waals surface area contributed by atoms with Crippen molar-refractivity contribution < 1.29 is 14.4 Å². The fourth-order valence-corrected chi connectivity index (χ4v) is 1.19. The van der Waals surface area contributed by atoms with Gasteiger partial charge in [0.25, 0.3) is 0 Å². The van der Waals surface area contributed by atoms with Gasteiger partial charge in [-0.3, -0.25) is 14.4 Å². The second kappa shape index (κ2) is 4.43. The van der Waals surface area contributed by atoms with Crippen LogP contribution >= 0.6 is 0 Å². The van der Waals surface area contributed by atoms with Crippen LogP contribution < -0.4 is 16.8 Å². The normalized spacial score (nSPS) is 9.56. The highest BCUT2D eigenvalue weighted by atomic mass is 16.2. The number of nitrogens with two attached hydrogens (primary N) is 2. The molecule has 6 nitrogen and oxygen atoms in total. The molecule has 0 fully saturated rings. The maximum absolute atomic E-state index is 11.0. The molecule has 3 amide bonds. The summed E-state index contributed by atoms with van der Waals surface area (Å²) in [7, 11) is 0. The zero-order valence-electron chi connectivity index (χ0n) is 8.61. The fraction of sp³-hybridized carbons (Fsp3) is 0.100. The summed E-state index contributed by atoms with van der Waals surface area (Å²) in [6, 6.07) is 4.02. The van der Waals surface area contributed by atoms with Gasteiger partial charge in [0.15, 0.2) is 0 Å². The predicted molar refractivity (Wildman–Crippen MR) is 57.8 cm³/mol. The van der Waals surface area contributed by atoms with Crippen molar-refractivity contribution in [1.29, 1.82) is 0 Å². The maximum Gasteiger partial charge on any atom is 0.248 e. The molecule has 0 saturated carbocycles. The summed E-state index contributed by atoms with van der Waals surface area (Å²) < 4.78 is 0. The molecule has 0 heterocycles. The molecule has 0 aliphatic rings. The van der Waals surface area contributed by atoms with E-state index in [1.165, 1.54) is 25.1 Å². The summed E-state index contributed by atoms with van der Waals surface area (Å²) in [5.74, 6) is -1.72. The average molecular weight is 221 g/mol. The second-order valence-corrected chi connectivity index (χ2v) is 3.21. The van der Waals surface area contributed by atoms with Crippen LogP contribution in [-0.2, 0) is 4.79 Å². The number of anilines is 1. The van der Waals surface area contributed by atoms with E-state index in [9.17, 15) is 14.4 Å². The van der Waals surface area contributed by atoms with E-state index < -0.39 is 11.8 Å². The van der Waals surface area contributed by atoms with E-state index in [2.05, 4.69) is 5.32 Å². The van der Waals surface area contributed by atoms with Crippen LogP contribution in [0.1, 0.15) is 27.6 Å². The number of carbonyl (C=O) groups is 3. The highest BCUT2D eigenvalue weighted by Crippen LogP contribution is 2.14. The number of rotatable bonds is 3. The monoisotopic (exact) mass is 221 g/mol. The topological polar surface area (TPSA) is 115 Å². The standard InChI is InChI=1S/C10H11N3O3/c1-5(14)13-8-3-6(9(11)15)2-7(4-8)10(12)16/h2-4H,1H3,(H2,11,15)(H2,12,16)(H,13,14). The quantitative estimate of drug-likeness (QED) is 0.658. The van der Waals surface area contributed by atoms with Crippen molar-refractivity contribution >= 4 is 23.4 Å². The van der Waals surface area contributed by atoms with Gasteiger partial charge >= 0.3 is 0 Å². The van der Waals surface area contributed by atoms with E-state index in [4.69, 9.17) is 11.5 Å². The van der Waals surface area contributed by atoms with Crippen LogP contribution in [0.4, 0.5) is 5.69 Å². The minimum absolute atomic E-state index is 0.111. The molecule has 0 saturated heterocycles. The Morgan fingerprint density at radius 1 is 1.00 bits per heavy atom. The van der Waals surface area contributed by atoms with Gasteiger partial charge in [-0.05, 0) is 18.2 Å². The van der Waals surface area contributed by atoms with E-state index in [0.29, 0.717) is 5.69 Å². The van der Waals surface area contributed by atoms with Gasteiger partial charge in [-0.25, -0.2) is 0 Å². The molecular weight excluding hydrogens is 210 g/mol. The summed E-state index contributed by atoms with van der Waals surface area (Å²) in [5.41, 5.74) is 10.7. The molecule has 1 aromatic rings. The second-order valence-electron chi connectivity index (χ2n) is 3.21. The zero-order chi connectivity index (χ0) is 12.3. The van der Waals surface area contributed by atoms with E-state index >= 15 is 0 Å². The molecule has 0 unspecified atom stereocenters. The molecule has 6 heteroatoms. The summed E-state index contributed by atoms with van der Waals surface area (Å²) in [4.78, 5) is 32.8. The first-order chi connectivity index (χ1) is 7.40. The number of primary amides is 2. The molecule has 0 aliphatic carbocycles. The van der Waals surface area contributed by atoms with Gasteiger partial charge in [0.2, 0.25) is 17.7 Å². The van der Waals surface area contributed by atoms with E-state index in [1.54, 1.807) is 0 Å². The highest BCUT2D eigenvalue weighted by molar-refractivity contribution is 6.01. The lowest BCUT2D eigenvalue weighted by molar-refractivity contribution is -0.114. The van der Waals surface area contributed by atoms with Crippen molar-refractivity contribution in [2.75, 3.05) is 5.32 Å². The van der Waals surface area contributed by atoms with Gasteiger partial charge in [-0.1, -0.05) is 0 Å². The molecule has 1 aromatic carbocycles. The van der Waals surface area contributed by atoms with Crippen LogP contribution in [0.5, 0.6) is 0 Å². The Bertz CT molecular complexity index is 436. The van der Waals surface area contributed by atoms with Crippen molar-refractivity contribution in [2.45, 2.75) is 6.92 Å². The Kier molecular flexibility index (Phi) is 3.24. The van der Waals surface area contributed by atoms with Crippen LogP contribution in [0, 0.1) is 0 Å². The first kappa shape index (κ1) is 11.7. The highest BCUT2D eigenvalue weighted by Gasteiger charge is 2.09. The van der Waals surface area contributed by atoms with Crippen LogP contribution in [0.15, 0.2) is 18.2 Å². The lowest BCUT2D eigenvalue weighted by Gasteiger charge is -2.06. The number of carbonyl (C=O) groups excluding carboxylic acids is 3. The Hall–Kier alpha value is -2.37. The van der Waals surface area contributed by atoms with E-state index in [0.717, 1.165) is 0 Å². The van der Waals surface area contributed by atoms with Gasteiger partial charge in [0.05, 0.1) is 0 Å². The van der Waals surface area contributed by atoms with Gasteiger partial charge in [-0.2, -0.15) is 0 Å². The summed E-state index contributed by atoms with van der Waals surface area (Å²) >= 11 is 0. The van der Waals surface area contributed by atoms with Gasteiger partial charge in [-0.15, -0.1) is 0 Å². The zero-order valence-corrected chi connectivity index (χ0v) is 8.61. The third kappa shape index (κ3) is 2.81. The van der Waals surface area contributed by atoms with Crippen molar-refractivity contribution in [1.82, 2.24) is 0 Å². The Morgan fingerprint density at radius 2 is 1.44 bits per heavy atom. The summed E-state index contributed by atoms with van der Waals surface area (Å²) in [6.45, 7) is 1.31. The largest absolute Gasteiger partial charge is 0.366 e. The predicted octanol–water partition coefficient (Wildman–Crippen LogP) is -0.157. The third-order valence-electron chi connectivity index (χ3n) is 1.82. The average Bonchev–Trinajstić information content (AvgIpc) is 2.15. The maximum atomic E-state index is 11.0. The van der Waals surface area contributed by atoms with Crippen LogP contribution in [0.25, 0.3) is 0 Å². The first-order valence-electron chi connectivity index (χ1n) is 4.42. The molecule has 0 aliphatic heterocycles. The van der Waals surface area contributed by atoms with Crippen LogP contribution in [0.3, 0.4) is 0 Å². The van der Waals surface area contributed by atoms with Crippen LogP contribution in [0.2, 0.25) is 0 Å². The minimum Gasteiger partial charge on any atom is -0.366 e. The smallest absolute Gasteiger partial charge is 0.248 e. The van der Waals surface area contributed by atoms with Crippen molar-refractivity contribution in [3.8, 4) is 0 Å². The molecule has 0 bridgehead atoms. The number of amides is 3. The molecule has 84 valence electrons. The number of benzene rings is 1. The molecule has 5 N–H and O–H groups in total. The first-order valence-corrected chi connectivity index (χ1v) is 4.42. The van der Waals surface area contributed by atoms with E-state index in [1.807, 2.05) is 0 Å². The Morgan fingerprint density at radius 3 is 1.75 bits per heavy atom. The summed E-state index contributed by atoms with van der Waals surface area (Å²) in [6.07, 6.45) is 0. The molecule has 0 radical (unpaired) electrons. The van der Waals surface area contributed by atoms with Gasteiger partial charge in [0.1, 0.15) is 0 Å². The molecule has 16 heavy (non-hydrogen) atoms. The third-order valence-corrected chi connectivity index (χ3v) is 1.82. The van der Waals surface area contributed by atoms with Crippen molar-refractivity contribution in [2.24, 2.45) is 11.5 Å². The molecule has 0 aromatic heterocycles. The lowest BCUT2D eigenvalue weighted by Crippen LogP contribution is -2.17. The Labute approximate surface area is 91.6 Å². The number of hydrogen-bond acceptors (Lipinski definition) is 3. The molecular formula is C10H11N3O3. The Balaban J connectivity index is 3.23. The SMILES string of the molecule is CC(=O)Nc1cc(C(N)=O)cc(C(N)=O)c1. The lowest BCUT2D eigenvalue weighted by atomic mass is 10.1. The van der Waals surface area contributed by atoms with Crippen molar-refractivity contribution in [3.63, 3.8) is 0 Å². The summed E-state index contributed by atoms with van der Waals surface area (Å²) in [5, 5.41) is 2.44. The van der Waals surface area contributed by atoms with Crippen LogP contribution in [-0.4, -0.2) is 17.7 Å². The number of nitrogens with one attached hydrogen (secondary N) is 1. The molecule has 0 spiro atoms. The van der Waals surface area contributed by atoms with Gasteiger partial charge in [0, 0.05) is 23.7 Å².